The Morgan fingerprint density at radius 2 is 1.91 bits per heavy atom. The van der Waals surface area contributed by atoms with Gasteiger partial charge in [-0.2, -0.15) is 0 Å². The van der Waals surface area contributed by atoms with Crippen molar-refractivity contribution in [1.82, 2.24) is 9.97 Å². The van der Waals surface area contributed by atoms with Crippen LogP contribution in [0.5, 0.6) is 11.5 Å². The van der Waals surface area contributed by atoms with Crippen LogP contribution in [0.15, 0.2) is 60.9 Å². The number of thiazole rings is 1. The van der Waals surface area contributed by atoms with E-state index in [1.807, 2.05) is 55.5 Å². The van der Waals surface area contributed by atoms with Crippen molar-refractivity contribution in [3.63, 3.8) is 0 Å². The average Bonchev–Trinajstić information content (AvgIpc) is 3.28. The molecule has 6 nitrogen and oxygen atoms in total. The minimum absolute atomic E-state index is 0.0900. The van der Waals surface area contributed by atoms with Crippen LogP contribution in [0.4, 0.5) is 5.13 Å². The molecular formula is C26H27N3O3S. The molecule has 0 spiro atoms. The monoisotopic (exact) mass is 461 g/mol. The Bertz CT molecular complexity index is 1240. The zero-order valence-corrected chi connectivity index (χ0v) is 20.1. The lowest BCUT2D eigenvalue weighted by Gasteiger charge is -2.20. The van der Waals surface area contributed by atoms with Crippen LogP contribution in [0, 0.1) is 6.92 Å². The van der Waals surface area contributed by atoms with Crippen LogP contribution in [0.3, 0.4) is 0 Å². The third-order valence-electron chi connectivity index (χ3n) is 5.42. The van der Waals surface area contributed by atoms with Crippen LogP contribution < -0.4 is 14.4 Å². The number of carbonyl (C=O) groups is 1. The van der Waals surface area contributed by atoms with Gasteiger partial charge in [-0.1, -0.05) is 49.4 Å². The van der Waals surface area contributed by atoms with E-state index in [0.29, 0.717) is 29.1 Å². The third-order valence-corrected chi connectivity index (χ3v) is 6.63. The molecule has 2 aromatic heterocycles. The maximum atomic E-state index is 13.3. The molecule has 2 heterocycles. The number of ether oxygens (including phenoxy) is 2. The van der Waals surface area contributed by atoms with Gasteiger partial charge in [0, 0.05) is 12.4 Å². The zero-order chi connectivity index (χ0) is 23.4. The fourth-order valence-corrected chi connectivity index (χ4v) is 4.56. The summed E-state index contributed by atoms with van der Waals surface area (Å²) in [6.45, 7) is 6.58. The Morgan fingerprint density at radius 1 is 1.12 bits per heavy atom. The first-order chi connectivity index (χ1) is 16.0. The Balaban J connectivity index is 1.61. The maximum absolute atomic E-state index is 13.3. The number of hydrogen-bond acceptors (Lipinski definition) is 6. The molecule has 33 heavy (non-hydrogen) atoms. The van der Waals surface area contributed by atoms with Crippen molar-refractivity contribution >= 4 is 32.6 Å². The van der Waals surface area contributed by atoms with Crippen LogP contribution >= 0.6 is 11.3 Å². The largest absolute Gasteiger partial charge is 0.494 e. The lowest BCUT2D eigenvalue weighted by molar-refractivity contribution is -0.120. The second kappa shape index (κ2) is 10.0. The third kappa shape index (κ3) is 5.14. The van der Waals surface area contributed by atoms with E-state index in [1.165, 1.54) is 16.9 Å². The fraction of sp³-hybridized carbons (Fsp3) is 0.269. The van der Waals surface area contributed by atoms with Crippen molar-refractivity contribution in [2.45, 2.75) is 33.2 Å². The van der Waals surface area contributed by atoms with Gasteiger partial charge in [0.2, 0.25) is 0 Å². The van der Waals surface area contributed by atoms with Gasteiger partial charge in [0.1, 0.15) is 17.0 Å². The molecule has 170 valence electrons. The van der Waals surface area contributed by atoms with Gasteiger partial charge >= 0.3 is 0 Å². The van der Waals surface area contributed by atoms with Crippen LogP contribution in [0.1, 0.15) is 36.5 Å². The molecule has 0 saturated carbocycles. The Labute approximate surface area is 197 Å². The van der Waals surface area contributed by atoms with Crippen molar-refractivity contribution in [3.05, 3.63) is 77.6 Å². The molecule has 2 aromatic carbocycles. The smallest absolute Gasteiger partial charge is 0.267 e. The number of rotatable bonds is 8. The fourth-order valence-electron chi connectivity index (χ4n) is 3.49. The molecule has 0 aliphatic rings. The summed E-state index contributed by atoms with van der Waals surface area (Å²) in [4.78, 5) is 23.9. The molecule has 0 N–H and O–H groups in total. The van der Waals surface area contributed by atoms with E-state index < -0.39 is 0 Å². The van der Waals surface area contributed by atoms with E-state index in [-0.39, 0.29) is 12.5 Å². The molecule has 0 aliphatic carbocycles. The molecule has 1 amide bonds. The minimum atomic E-state index is -0.178. The molecule has 0 unspecified atom stereocenters. The number of aromatic nitrogens is 2. The van der Waals surface area contributed by atoms with Crippen LogP contribution in [-0.4, -0.2) is 29.6 Å². The molecule has 0 radical (unpaired) electrons. The van der Waals surface area contributed by atoms with Gasteiger partial charge in [0.15, 0.2) is 11.7 Å². The average molecular weight is 462 g/mol. The zero-order valence-electron chi connectivity index (χ0n) is 19.2. The molecule has 0 saturated heterocycles. The number of anilines is 1. The number of amides is 1. The molecular weight excluding hydrogens is 434 g/mol. The summed E-state index contributed by atoms with van der Waals surface area (Å²) in [5.41, 5.74) is 3.98. The second-order valence-corrected chi connectivity index (χ2v) is 9.09. The van der Waals surface area contributed by atoms with Crippen molar-refractivity contribution in [2.24, 2.45) is 0 Å². The lowest BCUT2D eigenvalue weighted by atomic mass is 10.0. The first kappa shape index (κ1) is 22.7. The summed E-state index contributed by atoms with van der Waals surface area (Å²) in [5.74, 6) is 1.61. The highest BCUT2D eigenvalue weighted by molar-refractivity contribution is 7.22. The quantitative estimate of drug-likeness (QED) is 0.335. The molecule has 4 rings (SSSR count). The Kier molecular flexibility index (Phi) is 6.89. The van der Waals surface area contributed by atoms with Crippen molar-refractivity contribution in [2.75, 3.05) is 18.6 Å². The summed E-state index contributed by atoms with van der Waals surface area (Å²) in [6.07, 6.45) is 3.47. The van der Waals surface area contributed by atoms with Gasteiger partial charge in [0.25, 0.3) is 5.91 Å². The number of methoxy groups -OCH3 is 1. The highest BCUT2D eigenvalue weighted by Crippen LogP contribution is 2.37. The van der Waals surface area contributed by atoms with E-state index >= 15 is 0 Å². The van der Waals surface area contributed by atoms with E-state index in [0.717, 1.165) is 21.3 Å². The molecule has 0 bridgehead atoms. The van der Waals surface area contributed by atoms with E-state index in [1.54, 1.807) is 24.4 Å². The number of pyridine rings is 1. The topological polar surface area (TPSA) is 64.5 Å². The van der Waals surface area contributed by atoms with E-state index in [2.05, 4.69) is 18.8 Å². The Hall–Kier alpha value is -3.45. The standard InChI is InChI=1S/C26H27N3O3S/c1-17(2)20-8-10-21(11-9-20)32-16-23(30)29(15-19-6-5-13-27-14-19)26-28-24-22(31-4)12-7-18(3)25(24)33-26/h5-14,17H,15-16H2,1-4H3. The molecule has 0 aliphatic heterocycles. The van der Waals surface area contributed by atoms with Crippen LogP contribution in [-0.2, 0) is 11.3 Å². The Morgan fingerprint density at radius 3 is 2.58 bits per heavy atom. The highest BCUT2D eigenvalue weighted by Gasteiger charge is 2.23. The first-order valence-electron chi connectivity index (χ1n) is 10.8. The second-order valence-electron chi connectivity index (χ2n) is 8.11. The van der Waals surface area contributed by atoms with Crippen LogP contribution in [0.2, 0.25) is 0 Å². The first-order valence-corrected chi connectivity index (χ1v) is 11.6. The molecule has 7 heteroatoms. The van der Waals surface area contributed by atoms with Gasteiger partial charge in [-0.15, -0.1) is 0 Å². The number of carbonyl (C=O) groups excluding carboxylic acids is 1. The van der Waals surface area contributed by atoms with Gasteiger partial charge in [-0.3, -0.25) is 14.7 Å². The summed E-state index contributed by atoms with van der Waals surface area (Å²) >= 11 is 1.47. The van der Waals surface area contributed by atoms with Crippen molar-refractivity contribution in [1.29, 1.82) is 0 Å². The number of nitrogens with zero attached hydrogens (tertiary/aromatic N) is 3. The molecule has 0 atom stereocenters. The van der Waals surface area contributed by atoms with Crippen LogP contribution in [0.25, 0.3) is 10.2 Å². The molecule has 0 fully saturated rings. The van der Waals surface area contributed by atoms with E-state index in [4.69, 9.17) is 14.5 Å². The summed E-state index contributed by atoms with van der Waals surface area (Å²) < 4.78 is 12.3. The predicted octanol–water partition coefficient (Wildman–Crippen LogP) is 5.74. The van der Waals surface area contributed by atoms with Gasteiger partial charge in [0.05, 0.1) is 18.4 Å². The van der Waals surface area contributed by atoms with Crippen molar-refractivity contribution < 1.29 is 14.3 Å². The van der Waals surface area contributed by atoms with Crippen molar-refractivity contribution in [3.8, 4) is 11.5 Å². The normalized spacial score (nSPS) is 11.1. The number of aryl methyl sites for hydroxylation is 1. The predicted molar refractivity (Wildman–Crippen MR) is 132 cm³/mol. The van der Waals surface area contributed by atoms with Gasteiger partial charge in [-0.05, 0) is 53.8 Å². The van der Waals surface area contributed by atoms with Gasteiger partial charge in [-0.25, -0.2) is 4.98 Å². The number of fused-ring (bicyclic) bond motifs is 1. The van der Waals surface area contributed by atoms with E-state index in [9.17, 15) is 4.79 Å². The maximum Gasteiger partial charge on any atom is 0.267 e. The van der Waals surface area contributed by atoms with Gasteiger partial charge < -0.3 is 9.47 Å². The number of hydrogen-bond donors (Lipinski definition) is 0. The summed E-state index contributed by atoms with van der Waals surface area (Å²) in [5, 5.41) is 0.602. The SMILES string of the molecule is COc1ccc(C)c2sc(N(Cc3cccnc3)C(=O)COc3ccc(C(C)C)cc3)nc12. The summed E-state index contributed by atoms with van der Waals surface area (Å²) in [6, 6.07) is 15.6. The number of benzene rings is 2. The highest BCUT2D eigenvalue weighted by atomic mass is 32.1. The lowest BCUT2D eigenvalue weighted by Crippen LogP contribution is -2.34. The summed E-state index contributed by atoms with van der Waals surface area (Å²) in [7, 11) is 1.63. The minimum Gasteiger partial charge on any atom is -0.494 e. The molecule has 4 aromatic rings.